The second-order valence-electron chi connectivity index (χ2n) is 5.69. The fraction of sp³-hybridized carbons (Fsp3) is 0.571. The zero-order valence-corrected chi connectivity index (χ0v) is 13.6. The maximum atomic E-state index is 10.8. The van der Waals surface area contributed by atoms with Gasteiger partial charge in [-0.25, -0.2) is 0 Å². The van der Waals surface area contributed by atoms with Crippen LogP contribution in [0.4, 0.5) is 11.4 Å². The Kier molecular flexibility index (Phi) is 4.85. The highest BCUT2D eigenvalue weighted by molar-refractivity contribution is 14.1. The fourth-order valence-electron chi connectivity index (χ4n) is 2.96. The molecule has 2 N–H and O–H groups in total. The lowest BCUT2D eigenvalue weighted by Crippen LogP contribution is -2.46. The van der Waals surface area contributed by atoms with E-state index in [9.17, 15) is 15.2 Å². The van der Waals surface area contributed by atoms with E-state index in [-0.39, 0.29) is 17.8 Å². The predicted molar refractivity (Wildman–Crippen MR) is 86.9 cm³/mol. The van der Waals surface area contributed by atoms with Gasteiger partial charge in [0.1, 0.15) is 0 Å². The number of halogens is 1. The summed E-state index contributed by atoms with van der Waals surface area (Å²) in [6.07, 6.45) is 4.15. The Hall–Kier alpha value is -0.890. The second kappa shape index (κ2) is 6.26. The summed E-state index contributed by atoms with van der Waals surface area (Å²) >= 11 is 2.10. The number of nitro groups is 1. The van der Waals surface area contributed by atoms with Crippen LogP contribution in [0.25, 0.3) is 0 Å². The maximum absolute atomic E-state index is 10.8. The maximum Gasteiger partial charge on any atom is 0.270 e. The molecule has 0 radical (unpaired) electrons. The first-order valence-corrected chi connectivity index (χ1v) is 7.87. The number of aliphatic hydroxyl groups is 1. The summed E-state index contributed by atoms with van der Waals surface area (Å²) < 4.78 is 0.808. The Morgan fingerprint density at radius 1 is 1.60 bits per heavy atom. The van der Waals surface area contributed by atoms with Gasteiger partial charge in [-0.2, -0.15) is 0 Å². The molecule has 0 spiro atoms. The van der Waals surface area contributed by atoms with Crippen molar-refractivity contribution in [2.45, 2.75) is 38.1 Å². The smallest absolute Gasteiger partial charge is 0.270 e. The summed E-state index contributed by atoms with van der Waals surface area (Å²) in [6.45, 7) is 2.29. The van der Waals surface area contributed by atoms with Gasteiger partial charge in [0.15, 0.2) is 0 Å². The van der Waals surface area contributed by atoms with Crippen molar-refractivity contribution >= 4 is 34.0 Å². The van der Waals surface area contributed by atoms with Gasteiger partial charge in [0.25, 0.3) is 5.69 Å². The standard InChI is InChI=1S/C14H19IN2O3/c1-10-3-2-6-14(8-10,9-18)16-13-5-4-11(17(19)20)7-12(13)15/h4-5,7,10,16,18H,2-3,6,8-9H2,1H3. The average molecular weight is 390 g/mol. The van der Waals surface area contributed by atoms with Gasteiger partial charge in [-0.3, -0.25) is 10.1 Å². The fourth-order valence-corrected chi connectivity index (χ4v) is 3.60. The Bertz CT molecular complexity index is 509. The van der Waals surface area contributed by atoms with Crippen molar-refractivity contribution in [2.24, 2.45) is 5.92 Å². The molecule has 110 valence electrons. The molecule has 1 aliphatic carbocycles. The van der Waals surface area contributed by atoms with Gasteiger partial charge in [-0.15, -0.1) is 0 Å². The van der Waals surface area contributed by atoms with Crippen LogP contribution in [-0.2, 0) is 0 Å². The van der Waals surface area contributed by atoms with E-state index in [1.807, 2.05) is 0 Å². The Labute approximate surface area is 132 Å². The summed E-state index contributed by atoms with van der Waals surface area (Å²) in [5.74, 6) is 0.583. The number of rotatable bonds is 4. The van der Waals surface area contributed by atoms with Crippen LogP contribution in [-0.4, -0.2) is 22.2 Å². The van der Waals surface area contributed by atoms with E-state index >= 15 is 0 Å². The molecule has 1 fully saturated rings. The molecule has 2 rings (SSSR count). The van der Waals surface area contributed by atoms with Crippen LogP contribution in [0.2, 0.25) is 0 Å². The predicted octanol–water partition coefficient (Wildman–Crippen LogP) is 3.55. The first-order chi connectivity index (χ1) is 9.46. The molecule has 2 atom stereocenters. The quantitative estimate of drug-likeness (QED) is 0.469. The molecule has 1 aromatic carbocycles. The van der Waals surface area contributed by atoms with Crippen molar-refractivity contribution in [3.05, 3.63) is 31.9 Å². The van der Waals surface area contributed by atoms with Crippen LogP contribution in [0.15, 0.2) is 18.2 Å². The Morgan fingerprint density at radius 3 is 2.90 bits per heavy atom. The van der Waals surface area contributed by atoms with E-state index in [0.29, 0.717) is 5.92 Å². The third-order valence-electron chi connectivity index (χ3n) is 3.96. The van der Waals surface area contributed by atoms with Crippen LogP contribution in [0, 0.1) is 19.6 Å². The number of nitrogens with one attached hydrogen (secondary N) is 1. The number of nitrogens with zero attached hydrogens (tertiary/aromatic N) is 1. The minimum Gasteiger partial charge on any atom is -0.394 e. The SMILES string of the molecule is CC1CCCC(CO)(Nc2ccc([N+](=O)[O-])cc2I)C1. The number of anilines is 1. The molecule has 2 unspecified atom stereocenters. The van der Waals surface area contributed by atoms with Crippen molar-refractivity contribution in [1.29, 1.82) is 0 Å². The number of hydrogen-bond acceptors (Lipinski definition) is 4. The minimum atomic E-state index is -0.392. The number of aliphatic hydroxyl groups excluding tert-OH is 1. The zero-order chi connectivity index (χ0) is 14.8. The summed E-state index contributed by atoms with van der Waals surface area (Å²) in [7, 11) is 0. The molecule has 0 aromatic heterocycles. The molecule has 1 aromatic rings. The van der Waals surface area contributed by atoms with E-state index in [1.165, 1.54) is 12.5 Å². The van der Waals surface area contributed by atoms with E-state index in [0.717, 1.165) is 28.5 Å². The summed E-state index contributed by atoms with van der Waals surface area (Å²) in [6, 6.07) is 4.79. The Morgan fingerprint density at radius 2 is 2.35 bits per heavy atom. The molecule has 0 saturated heterocycles. The van der Waals surface area contributed by atoms with Crippen molar-refractivity contribution in [3.8, 4) is 0 Å². The molecule has 6 heteroatoms. The number of hydrogen-bond donors (Lipinski definition) is 2. The highest BCUT2D eigenvalue weighted by Crippen LogP contribution is 2.36. The average Bonchev–Trinajstić information content (AvgIpc) is 2.41. The molecule has 1 aliphatic rings. The van der Waals surface area contributed by atoms with Crippen LogP contribution in [0.3, 0.4) is 0 Å². The van der Waals surface area contributed by atoms with Crippen LogP contribution in [0.1, 0.15) is 32.6 Å². The van der Waals surface area contributed by atoms with Crippen molar-refractivity contribution in [3.63, 3.8) is 0 Å². The number of nitro benzene ring substituents is 1. The van der Waals surface area contributed by atoms with Gasteiger partial charge >= 0.3 is 0 Å². The van der Waals surface area contributed by atoms with E-state index in [2.05, 4.69) is 34.8 Å². The van der Waals surface area contributed by atoms with Gasteiger partial charge in [-0.1, -0.05) is 19.8 Å². The lowest BCUT2D eigenvalue weighted by molar-refractivity contribution is -0.384. The molecule has 20 heavy (non-hydrogen) atoms. The highest BCUT2D eigenvalue weighted by Gasteiger charge is 2.34. The lowest BCUT2D eigenvalue weighted by atomic mass is 9.76. The minimum absolute atomic E-state index is 0.0877. The first kappa shape index (κ1) is 15.5. The second-order valence-corrected chi connectivity index (χ2v) is 6.85. The third-order valence-corrected chi connectivity index (χ3v) is 4.85. The van der Waals surface area contributed by atoms with E-state index in [4.69, 9.17) is 0 Å². The first-order valence-electron chi connectivity index (χ1n) is 6.79. The summed E-state index contributed by atoms with van der Waals surface area (Å²) in [5, 5.41) is 24.0. The molecule has 0 amide bonds. The summed E-state index contributed by atoms with van der Waals surface area (Å²) in [5.41, 5.74) is 0.655. The molecule has 5 nitrogen and oxygen atoms in total. The van der Waals surface area contributed by atoms with Crippen molar-refractivity contribution in [2.75, 3.05) is 11.9 Å². The topological polar surface area (TPSA) is 75.4 Å². The Balaban J connectivity index is 2.21. The lowest BCUT2D eigenvalue weighted by Gasteiger charge is -2.40. The van der Waals surface area contributed by atoms with Gasteiger partial charge in [0.05, 0.1) is 17.1 Å². The van der Waals surface area contributed by atoms with Gasteiger partial charge in [0.2, 0.25) is 0 Å². The van der Waals surface area contributed by atoms with Crippen LogP contribution in [0.5, 0.6) is 0 Å². The van der Waals surface area contributed by atoms with Crippen LogP contribution >= 0.6 is 22.6 Å². The molecular weight excluding hydrogens is 371 g/mol. The summed E-state index contributed by atoms with van der Waals surface area (Å²) in [4.78, 5) is 10.4. The van der Waals surface area contributed by atoms with Crippen molar-refractivity contribution < 1.29 is 10.0 Å². The number of non-ortho nitro benzene ring substituents is 1. The van der Waals surface area contributed by atoms with Gasteiger partial charge in [-0.05, 0) is 47.4 Å². The van der Waals surface area contributed by atoms with Crippen molar-refractivity contribution in [1.82, 2.24) is 0 Å². The third kappa shape index (κ3) is 3.41. The molecule has 0 heterocycles. The van der Waals surface area contributed by atoms with Crippen LogP contribution < -0.4 is 5.32 Å². The van der Waals surface area contributed by atoms with E-state index < -0.39 is 4.92 Å². The highest BCUT2D eigenvalue weighted by atomic mass is 127. The van der Waals surface area contributed by atoms with Gasteiger partial charge < -0.3 is 10.4 Å². The molecular formula is C14H19IN2O3. The van der Waals surface area contributed by atoms with Gasteiger partial charge in [0, 0.05) is 21.4 Å². The van der Waals surface area contributed by atoms with E-state index in [1.54, 1.807) is 12.1 Å². The molecule has 0 bridgehead atoms. The molecule has 0 aliphatic heterocycles. The largest absolute Gasteiger partial charge is 0.394 e. The molecule has 1 saturated carbocycles. The number of benzene rings is 1. The zero-order valence-electron chi connectivity index (χ0n) is 11.4. The monoisotopic (exact) mass is 390 g/mol. The normalized spacial score (nSPS) is 26.2.